The standard InChI is InChI=1S/C20H12N4S2/c1-12-10-18(26-20-23-15-7-3-5-9-17(15)25-20)24-16-8-4-2-6-14(16)22-19(24)13(12)11-21/h2-10H,1H3. The van der Waals surface area contributed by atoms with Gasteiger partial charge in [-0.1, -0.05) is 24.3 Å². The Morgan fingerprint density at radius 1 is 1.04 bits per heavy atom. The molecule has 0 N–H and O–H groups in total. The topological polar surface area (TPSA) is 54.0 Å². The molecule has 0 radical (unpaired) electrons. The smallest absolute Gasteiger partial charge is 0.157 e. The van der Waals surface area contributed by atoms with Crippen LogP contribution in [0.15, 0.2) is 64.0 Å². The number of rotatable bonds is 2. The maximum atomic E-state index is 9.60. The number of fused-ring (bicyclic) bond motifs is 4. The minimum atomic E-state index is 0.620. The van der Waals surface area contributed by atoms with Gasteiger partial charge in [-0.15, -0.1) is 11.3 Å². The molecule has 0 bridgehead atoms. The van der Waals surface area contributed by atoms with Crippen LogP contribution in [-0.4, -0.2) is 14.4 Å². The van der Waals surface area contributed by atoms with E-state index >= 15 is 0 Å². The van der Waals surface area contributed by atoms with Crippen molar-refractivity contribution in [3.05, 3.63) is 65.7 Å². The highest BCUT2D eigenvalue weighted by Crippen LogP contribution is 2.37. The first-order valence-electron chi connectivity index (χ1n) is 8.09. The molecule has 3 aromatic heterocycles. The third-order valence-corrected chi connectivity index (χ3v) is 6.42. The molecule has 5 aromatic rings. The Morgan fingerprint density at radius 2 is 1.81 bits per heavy atom. The molecule has 0 spiro atoms. The second-order valence-corrected chi connectivity index (χ2v) is 8.26. The van der Waals surface area contributed by atoms with Gasteiger partial charge < -0.3 is 0 Å². The molecule has 0 aliphatic carbocycles. The fraction of sp³-hybridized carbons (Fsp3) is 0.0500. The molecule has 6 heteroatoms. The van der Waals surface area contributed by atoms with Crippen LogP contribution >= 0.6 is 23.1 Å². The van der Waals surface area contributed by atoms with E-state index in [0.717, 1.165) is 31.5 Å². The van der Waals surface area contributed by atoms with Gasteiger partial charge in [0.05, 0.1) is 31.8 Å². The molecule has 0 aliphatic rings. The zero-order chi connectivity index (χ0) is 17.7. The summed E-state index contributed by atoms with van der Waals surface area (Å²) in [6, 6.07) is 20.5. The number of benzene rings is 2. The average molecular weight is 372 g/mol. The van der Waals surface area contributed by atoms with E-state index in [1.165, 1.54) is 4.70 Å². The van der Waals surface area contributed by atoms with Crippen molar-refractivity contribution in [1.29, 1.82) is 5.26 Å². The number of thiazole rings is 1. The molecule has 0 unspecified atom stereocenters. The highest BCUT2D eigenvalue weighted by molar-refractivity contribution is 8.01. The van der Waals surface area contributed by atoms with Crippen LogP contribution in [0.25, 0.3) is 26.9 Å². The summed E-state index contributed by atoms with van der Waals surface area (Å²) in [6.45, 7) is 1.96. The van der Waals surface area contributed by atoms with Gasteiger partial charge in [0.25, 0.3) is 0 Å². The predicted molar refractivity (Wildman–Crippen MR) is 106 cm³/mol. The number of hydrogen-bond donors (Lipinski definition) is 0. The van der Waals surface area contributed by atoms with Crippen LogP contribution in [-0.2, 0) is 0 Å². The van der Waals surface area contributed by atoms with E-state index < -0.39 is 0 Å². The Bertz CT molecular complexity index is 1310. The summed E-state index contributed by atoms with van der Waals surface area (Å²) >= 11 is 3.29. The van der Waals surface area contributed by atoms with Crippen molar-refractivity contribution in [3.8, 4) is 6.07 Å². The summed E-state index contributed by atoms with van der Waals surface area (Å²) in [7, 11) is 0. The van der Waals surface area contributed by atoms with Gasteiger partial charge in [0, 0.05) is 0 Å². The molecular weight excluding hydrogens is 360 g/mol. The average Bonchev–Trinajstić information content (AvgIpc) is 3.22. The lowest BCUT2D eigenvalue weighted by Gasteiger charge is -2.08. The lowest BCUT2D eigenvalue weighted by molar-refractivity contribution is 1.04. The van der Waals surface area contributed by atoms with Crippen LogP contribution in [0, 0.1) is 18.3 Å². The zero-order valence-corrected chi connectivity index (χ0v) is 15.4. The van der Waals surface area contributed by atoms with Crippen molar-refractivity contribution >= 4 is 50.0 Å². The molecule has 26 heavy (non-hydrogen) atoms. The predicted octanol–water partition coefficient (Wildman–Crippen LogP) is 5.43. The second kappa shape index (κ2) is 5.84. The monoisotopic (exact) mass is 372 g/mol. The van der Waals surface area contributed by atoms with Crippen molar-refractivity contribution < 1.29 is 0 Å². The molecule has 0 saturated heterocycles. The van der Waals surface area contributed by atoms with Gasteiger partial charge in [-0.05, 0) is 54.6 Å². The number of imidazole rings is 1. The lowest BCUT2D eigenvalue weighted by Crippen LogP contribution is -1.96. The molecule has 0 fully saturated rings. The minimum absolute atomic E-state index is 0.620. The van der Waals surface area contributed by atoms with Crippen LogP contribution in [0.1, 0.15) is 11.1 Å². The molecular formula is C20H12N4S2. The Labute approximate surface area is 157 Å². The summed E-state index contributed by atoms with van der Waals surface area (Å²) in [5.41, 5.74) is 5.16. The summed E-state index contributed by atoms with van der Waals surface area (Å²) in [6.07, 6.45) is 0. The first-order chi connectivity index (χ1) is 12.7. The number of aryl methyl sites for hydroxylation is 1. The van der Waals surface area contributed by atoms with Crippen molar-refractivity contribution in [3.63, 3.8) is 0 Å². The molecule has 2 aromatic carbocycles. The van der Waals surface area contributed by atoms with Gasteiger partial charge in [0.15, 0.2) is 9.99 Å². The first-order valence-corrected chi connectivity index (χ1v) is 9.72. The Morgan fingerprint density at radius 3 is 2.62 bits per heavy atom. The van der Waals surface area contributed by atoms with Crippen LogP contribution < -0.4 is 0 Å². The molecule has 5 rings (SSSR count). The molecule has 0 atom stereocenters. The molecule has 0 saturated carbocycles. The lowest BCUT2D eigenvalue weighted by atomic mass is 10.2. The van der Waals surface area contributed by atoms with Gasteiger partial charge in [-0.3, -0.25) is 4.40 Å². The van der Waals surface area contributed by atoms with E-state index in [2.05, 4.69) is 22.6 Å². The fourth-order valence-electron chi connectivity index (χ4n) is 3.11. The number of nitriles is 1. The van der Waals surface area contributed by atoms with Crippen molar-refractivity contribution in [1.82, 2.24) is 14.4 Å². The first kappa shape index (κ1) is 15.4. The largest absolute Gasteiger partial charge is 0.285 e. The van der Waals surface area contributed by atoms with Crippen molar-refractivity contribution in [2.24, 2.45) is 0 Å². The van der Waals surface area contributed by atoms with Crippen LogP contribution in [0.2, 0.25) is 0 Å². The normalized spacial score (nSPS) is 11.4. The summed E-state index contributed by atoms with van der Waals surface area (Å²) in [4.78, 5) is 9.44. The van der Waals surface area contributed by atoms with E-state index in [4.69, 9.17) is 9.97 Å². The Hall–Kier alpha value is -2.88. The van der Waals surface area contributed by atoms with Gasteiger partial charge in [-0.25, -0.2) is 9.97 Å². The number of hydrogen-bond acceptors (Lipinski definition) is 5. The molecule has 0 amide bonds. The van der Waals surface area contributed by atoms with E-state index in [-0.39, 0.29) is 0 Å². The summed E-state index contributed by atoms with van der Waals surface area (Å²) in [5, 5.41) is 10.6. The highest BCUT2D eigenvalue weighted by atomic mass is 32.2. The number of nitrogens with zero attached hydrogens (tertiary/aromatic N) is 4. The van der Waals surface area contributed by atoms with Gasteiger partial charge in [0.2, 0.25) is 0 Å². The SMILES string of the molecule is Cc1cc(Sc2nc3ccccc3s2)n2c(nc3ccccc32)c1C#N. The zero-order valence-electron chi connectivity index (χ0n) is 13.8. The Balaban J connectivity index is 1.77. The molecule has 4 nitrogen and oxygen atoms in total. The number of para-hydroxylation sites is 3. The Kier molecular flexibility index (Phi) is 3.45. The van der Waals surface area contributed by atoms with E-state index in [1.54, 1.807) is 23.1 Å². The second-order valence-electron chi connectivity index (χ2n) is 5.96. The van der Waals surface area contributed by atoms with Crippen LogP contribution in [0.3, 0.4) is 0 Å². The minimum Gasteiger partial charge on any atom is -0.285 e. The third kappa shape index (κ3) is 2.29. The van der Waals surface area contributed by atoms with E-state index in [1.807, 2.05) is 49.4 Å². The van der Waals surface area contributed by atoms with Crippen LogP contribution in [0.4, 0.5) is 0 Å². The van der Waals surface area contributed by atoms with Crippen molar-refractivity contribution in [2.45, 2.75) is 16.3 Å². The quantitative estimate of drug-likeness (QED) is 0.415. The molecule has 3 heterocycles. The highest BCUT2D eigenvalue weighted by Gasteiger charge is 2.16. The van der Waals surface area contributed by atoms with Gasteiger partial charge >= 0.3 is 0 Å². The molecule has 124 valence electrons. The molecule has 0 aliphatic heterocycles. The number of aromatic nitrogens is 3. The summed E-state index contributed by atoms with van der Waals surface area (Å²) in [5.74, 6) is 0. The maximum Gasteiger partial charge on any atom is 0.157 e. The van der Waals surface area contributed by atoms with E-state index in [9.17, 15) is 5.26 Å². The van der Waals surface area contributed by atoms with E-state index in [0.29, 0.717) is 11.2 Å². The van der Waals surface area contributed by atoms with Crippen LogP contribution in [0.5, 0.6) is 0 Å². The van der Waals surface area contributed by atoms with Gasteiger partial charge in [0.1, 0.15) is 6.07 Å². The van der Waals surface area contributed by atoms with Crippen molar-refractivity contribution in [2.75, 3.05) is 0 Å². The summed E-state index contributed by atoms with van der Waals surface area (Å²) < 4.78 is 4.22. The maximum absolute atomic E-state index is 9.60. The van der Waals surface area contributed by atoms with Gasteiger partial charge in [-0.2, -0.15) is 5.26 Å². The fourth-order valence-corrected chi connectivity index (χ4v) is 5.34. The third-order valence-electron chi connectivity index (χ3n) is 4.32. The number of pyridine rings is 1.